The van der Waals surface area contributed by atoms with Gasteiger partial charge in [-0.05, 0) is 14.1 Å². The Kier molecular flexibility index (Phi) is 2.97. The second-order valence-electron chi connectivity index (χ2n) is 4.78. The van der Waals surface area contributed by atoms with Crippen LogP contribution >= 0.6 is 0 Å². The van der Waals surface area contributed by atoms with Crippen molar-refractivity contribution in [3.63, 3.8) is 0 Å². The molecule has 0 saturated carbocycles. The molecule has 0 heterocycles. The van der Waals surface area contributed by atoms with Gasteiger partial charge >= 0.3 is 0 Å². The van der Waals surface area contributed by atoms with Crippen LogP contribution in [0.4, 0.5) is 11.4 Å². The Balaban J connectivity index is 2.62. The molecular weight excluding hydrogens is 252 g/mol. The smallest absolute Gasteiger partial charge is 0.0418 e. The molecule has 0 aliphatic rings. The standard InChI is InChI=1S/C16H14N2O2/c1-17(19)15-11-7-3-5-9-13(11)16(18(2)20)14-10-6-4-8-12(14)15/h3-10H,1-2H3/q-2. The number of rotatable bonds is 2. The average Bonchev–Trinajstić information content (AvgIpc) is 2.43. The van der Waals surface area contributed by atoms with Crippen LogP contribution in [-0.2, 0) is 0 Å². The molecule has 0 N–H and O–H groups in total. The number of fused-ring (bicyclic) bond motifs is 2. The lowest BCUT2D eigenvalue weighted by atomic mass is 9.98. The minimum atomic E-state index is 0.599. The number of benzene rings is 3. The Hall–Kier alpha value is -2.30. The first-order valence-corrected chi connectivity index (χ1v) is 6.36. The van der Waals surface area contributed by atoms with E-state index in [2.05, 4.69) is 0 Å². The van der Waals surface area contributed by atoms with Crippen molar-refractivity contribution in [1.29, 1.82) is 0 Å². The van der Waals surface area contributed by atoms with Crippen molar-refractivity contribution in [1.82, 2.24) is 0 Å². The molecule has 0 unspecified atom stereocenters. The first kappa shape index (κ1) is 12.7. The molecule has 0 radical (unpaired) electrons. The lowest BCUT2D eigenvalue weighted by molar-refractivity contribution is 1.23. The summed E-state index contributed by atoms with van der Waals surface area (Å²) in [6.07, 6.45) is 0. The first-order chi connectivity index (χ1) is 9.61. The van der Waals surface area contributed by atoms with E-state index in [4.69, 9.17) is 0 Å². The van der Waals surface area contributed by atoms with Gasteiger partial charge in [0.1, 0.15) is 0 Å². The summed E-state index contributed by atoms with van der Waals surface area (Å²) >= 11 is 0. The lowest BCUT2D eigenvalue weighted by Crippen LogP contribution is -2.11. The van der Waals surface area contributed by atoms with E-state index in [-0.39, 0.29) is 0 Å². The van der Waals surface area contributed by atoms with Crippen molar-refractivity contribution < 1.29 is 0 Å². The van der Waals surface area contributed by atoms with Gasteiger partial charge in [-0.25, -0.2) is 0 Å². The van der Waals surface area contributed by atoms with Gasteiger partial charge in [0.25, 0.3) is 0 Å². The Morgan fingerprint density at radius 1 is 0.600 bits per heavy atom. The Morgan fingerprint density at radius 3 is 1.05 bits per heavy atom. The van der Waals surface area contributed by atoms with Crippen LogP contribution in [0.2, 0.25) is 0 Å². The van der Waals surface area contributed by atoms with Crippen LogP contribution in [0.1, 0.15) is 0 Å². The second-order valence-corrected chi connectivity index (χ2v) is 4.78. The molecule has 3 aromatic carbocycles. The van der Waals surface area contributed by atoms with Crippen LogP contribution in [-0.4, -0.2) is 14.1 Å². The molecule has 102 valence electrons. The maximum Gasteiger partial charge on any atom is 0.0418 e. The maximum absolute atomic E-state index is 12.0. The molecule has 0 aromatic heterocycles. The van der Waals surface area contributed by atoms with Crippen molar-refractivity contribution in [2.75, 3.05) is 24.2 Å². The summed E-state index contributed by atoms with van der Waals surface area (Å²) in [6, 6.07) is 15.0. The third kappa shape index (κ3) is 1.78. The maximum atomic E-state index is 12.0. The molecule has 0 aliphatic carbocycles. The van der Waals surface area contributed by atoms with Gasteiger partial charge in [-0.15, -0.1) is 0 Å². The van der Waals surface area contributed by atoms with Crippen LogP contribution in [0, 0.1) is 10.4 Å². The third-order valence-electron chi connectivity index (χ3n) is 3.50. The highest BCUT2D eigenvalue weighted by Crippen LogP contribution is 2.42. The minimum Gasteiger partial charge on any atom is -0.758 e. The second kappa shape index (κ2) is 4.67. The number of hydrogen-bond acceptors (Lipinski definition) is 4. The lowest BCUT2D eigenvalue weighted by Gasteiger charge is -2.33. The highest BCUT2D eigenvalue weighted by Gasteiger charge is 2.12. The molecule has 0 saturated heterocycles. The summed E-state index contributed by atoms with van der Waals surface area (Å²) in [7, 11) is 2.96. The van der Waals surface area contributed by atoms with Gasteiger partial charge in [-0.2, -0.15) is 0 Å². The Labute approximate surface area is 117 Å². The molecule has 0 spiro atoms. The van der Waals surface area contributed by atoms with Gasteiger partial charge in [0.2, 0.25) is 0 Å². The number of anilines is 2. The molecule has 3 rings (SSSR count). The molecule has 3 aromatic rings. The topological polar surface area (TPSA) is 52.6 Å². The molecule has 0 bridgehead atoms. The van der Waals surface area contributed by atoms with E-state index in [9.17, 15) is 10.4 Å². The van der Waals surface area contributed by atoms with E-state index < -0.39 is 0 Å². The van der Waals surface area contributed by atoms with Gasteiger partial charge in [-0.3, -0.25) is 0 Å². The van der Waals surface area contributed by atoms with Crippen LogP contribution < -0.4 is 10.1 Å². The molecule has 4 nitrogen and oxygen atoms in total. The van der Waals surface area contributed by atoms with Crippen molar-refractivity contribution in [3.05, 3.63) is 58.9 Å². The predicted octanol–water partition coefficient (Wildman–Crippen LogP) is 3.86. The normalized spacial score (nSPS) is 11.0. The Morgan fingerprint density at radius 2 is 0.850 bits per heavy atom. The summed E-state index contributed by atoms with van der Waals surface area (Å²) in [5.74, 6) is 0. The van der Waals surface area contributed by atoms with Crippen LogP contribution in [0.25, 0.3) is 21.5 Å². The van der Waals surface area contributed by atoms with Crippen LogP contribution in [0.3, 0.4) is 0 Å². The summed E-state index contributed by atoms with van der Waals surface area (Å²) in [5.41, 5.74) is 1.20. The zero-order chi connectivity index (χ0) is 14.3. The predicted molar refractivity (Wildman–Crippen MR) is 85.0 cm³/mol. The summed E-state index contributed by atoms with van der Waals surface area (Å²) in [6.45, 7) is 0. The van der Waals surface area contributed by atoms with Gasteiger partial charge in [0, 0.05) is 32.9 Å². The molecule has 0 amide bonds. The van der Waals surface area contributed by atoms with E-state index in [1.54, 1.807) is 0 Å². The molecular formula is C16H14N2O2-2. The number of nitrogens with zero attached hydrogens (tertiary/aromatic N) is 2. The fourth-order valence-electron chi connectivity index (χ4n) is 2.76. The molecule has 0 aliphatic heterocycles. The summed E-state index contributed by atoms with van der Waals surface area (Å²) in [5, 5.41) is 28.9. The average molecular weight is 266 g/mol. The summed E-state index contributed by atoms with van der Waals surface area (Å²) in [4.78, 5) is 0. The Bertz CT molecular complexity index is 659. The fourth-order valence-corrected chi connectivity index (χ4v) is 2.76. The first-order valence-electron chi connectivity index (χ1n) is 6.36. The highest BCUT2D eigenvalue weighted by atomic mass is 16.5. The molecule has 0 atom stereocenters. The largest absolute Gasteiger partial charge is 0.758 e. The SMILES string of the molecule is CN([O-])c1c2ccccc2c(N(C)[O-])c2ccccc12. The monoisotopic (exact) mass is 266 g/mol. The van der Waals surface area contributed by atoms with Gasteiger partial charge in [0.05, 0.1) is 0 Å². The zero-order valence-electron chi connectivity index (χ0n) is 11.3. The van der Waals surface area contributed by atoms with Crippen molar-refractivity contribution in [2.45, 2.75) is 0 Å². The van der Waals surface area contributed by atoms with Gasteiger partial charge < -0.3 is 20.5 Å². The summed E-state index contributed by atoms with van der Waals surface area (Å²) < 4.78 is 0. The highest BCUT2D eigenvalue weighted by molar-refractivity contribution is 6.20. The van der Waals surface area contributed by atoms with Crippen molar-refractivity contribution in [3.8, 4) is 0 Å². The quantitative estimate of drug-likeness (QED) is 0.401. The van der Waals surface area contributed by atoms with E-state index in [0.29, 0.717) is 11.4 Å². The molecule has 4 heteroatoms. The third-order valence-corrected chi connectivity index (χ3v) is 3.50. The van der Waals surface area contributed by atoms with Gasteiger partial charge in [0.15, 0.2) is 0 Å². The van der Waals surface area contributed by atoms with Crippen LogP contribution in [0.15, 0.2) is 48.5 Å². The molecule has 20 heavy (non-hydrogen) atoms. The van der Waals surface area contributed by atoms with E-state index in [0.717, 1.165) is 31.7 Å². The zero-order valence-corrected chi connectivity index (χ0v) is 11.3. The van der Waals surface area contributed by atoms with Crippen molar-refractivity contribution in [2.24, 2.45) is 0 Å². The number of hydroxylamine groups is 2. The molecule has 0 fully saturated rings. The number of hydrogen-bond donors (Lipinski definition) is 0. The van der Waals surface area contributed by atoms with E-state index in [1.165, 1.54) is 14.1 Å². The fraction of sp³-hybridized carbons (Fsp3) is 0.125. The van der Waals surface area contributed by atoms with Gasteiger partial charge in [-0.1, -0.05) is 48.5 Å². The van der Waals surface area contributed by atoms with Crippen molar-refractivity contribution >= 4 is 32.9 Å². The van der Waals surface area contributed by atoms with E-state index in [1.807, 2.05) is 48.5 Å². The van der Waals surface area contributed by atoms with Crippen LogP contribution in [0.5, 0.6) is 0 Å². The minimum absolute atomic E-state index is 0.599. The van der Waals surface area contributed by atoms with E-state index >= 15 is 0 Å².